The number of hydrogen-bond acceptors (Lipinski definition) is 6. The van der Waals surface area contributed by atoms with Gasteiger partial charge in [-0.05, 0) is 48.2 Å². The molecular weight excluding hydrogens is 581 g/mol. The minimum atomic E-state index is -5.03. The maximum absolute atomic E-state index is 13.0. The molecule has 2 heterocycles. The summed E-state index contributed by atoms with van der Waals surface area (Å²) < 4.78 is 51.9. The first-order valence-corrected chi connectivity index (χ1v) is 15.1. The van der Waals surface area contributed by atoms with Gasteiger partial charge in [0.05, 0.1) is 18.8 Å². The number of halogens is 3. The standard InChI is InChI=1S/C32H33F3N2O5S/c1-20-27(19-43-25-6-3-2-4-7-25)41-30(42-28(20)22-11-9-21(18-38)10-12-22)23-13-15-24(16-14-23)36-29(39)26-8-5-17-37(26)31(40)32(33,34)35/h2-4,6-7,9-16,20,26-28,30,38H,5,8,17-19H2,1H3,(H,36,39). The van der Waals surface area contributed by atoms with Crippen LogP contribution in [0.1, 0.15) is 48.8 Å². The van der Waals surface area contributed by atoms with Crippen LogP contribution >= 0.6 is 11.8 Å². The van der Waals surface area contributed by atoms with Crippen LogP contribution in [0.4, 0.5) is 18.9 Å². The minimum Gasteiger partial charge on any atom is -0.392 e. The minimum absolute atomic E-state index is 0.0137. The molecule has 5 atom stereocenters. The highest BCUT2D eigenvalue weighted by Gasteiger charge is 2.47. The largest absolute Gasteiger partial charge is 0.471 e. The van der Waals surface area contributed by atoms with Gasteiger partial charge in [-0.15, -0.1) is 11.8 Å². The molecule has 2 amide bonds. The second-order valence-corrected chi connectivity index (χ2v) is 11.8. The number of aliphatic hydroxyl groups excluding tert-OH is 1. The Morgan fingerprint density at radius 3 is 2.30 bits per heavy atom. The van der Waals surface area contributed by atoms with Crippen LogP contribution in [-0.4, -0.2) is 52.4 Å². The second-order valence-electron chi connectivity index (χ2n) is 10.7. The van der Waals surface area contributed by atoms with E-state index in [1.54, 1.807) is 36.0 Å². The Kier molecular flexibility index (Phi) is 9.75. The number of thioether (sulfide) groups is 1. The summed E-state index contributed by atoms with van der Waals surface area (Å²) in [5.41, 5.74) is 2.87. The summed E-state index contributed by atoms with van der Waals surface area (Å²) in [6.45, 7) is 1.92. The number of rotatable bonds is 8. The summed E-state index contributed by atoms with van der Waals surface area (Å²) >= 11 is 1.70. The summed E-state index contributed by atoms with van der Waals surface area (Å²) in [6.07, 6.45) is -5.70. The van der Waals surface area contributed by atoms with Crippen LogP contribution in [0.5, 0.6) is 0 Å². The van der Waals surface area contributed by atoms with Crippen LogP contribution in [0, 0.1) is 5.92 Å². The van der Waals surface area contributed by atoms with E-state index in [1.165, 1.54) is 0 Å². The molecule has 2 fully saturated rings. The number of carbonyl (C=O) groups excluding carboxylic acids is 2. The zero-order valence-corrected chi connectivity index (χ0v) is 24.3. The predicted octanol–water partition coefficient (Wildman–Crippen LogP) is 6.25. The molecule has 0 aromatic heterocycles. The Morgan fingerprint density at radius 1 is 0.977 bits per heavy atom. The van der Waals surface area contributed by atoms with Crippen molar-refractivity contribution >= 4 is 29.3 Å². The Hall–Kier alpha value is -3.38. The van der Waals surface area contributed by atoms with Crippen molar-refractivity contribution in [2.24, 2.45) is 5.92 Å². The van der Waals surface area contributed by atoms with Crippen LogP contribution in [0.25, 0.3) is 0 Å². The van der Waals surface area contributed by atoms with E-state index < -0.39 is 30.3 Å². The molecule has 5 rings (SSSR count). The van der Waals surface area contributed by atoms with E-state index in [0.29, 0.717) is 28.3 Å². The number of alkyl halides is 3. The third-order valence-electron chi connectivity index (χ3n) is 7.79. The summed E-state index contributed by atoms with van der Waals surface area (Å²) in [5, 5.41) is 12.1. The van der Waals surface area contributed by atoms with Gasteiger partial charge in [-0.3, -0.25) is 9.59 Å². The topological polar surface area (TPSA) is 88.1 Å². The lowest BCUT2D eigenvalue weighted by molar-refractivity contribution is -0.268. The predicted molar refractivity (Wildman–Crippen MR) is 156 cm³/mol. The molecule has 3 aromatic carbocycles. The lowest BCUT2D eigenvalue weighted by atomic mass is 9.91. The Morgan fingerprint density at radius 2 is 1.65 bits per heavy atom. The van der Waals surface area contributed by atoms with Crippen molar-refractivity contribution in [1.82, 2.24) is 4.90 Å². The molecule has 0 spiro atoms. The quantitative estimate of drug-likeness (QED) is 0.292. The fourth-order valence-electron chi connectivity index (χ4n) is 5.40. The average Bonchev–Trinajstić information content (AvgIpc) is 3.51. The van der Waals surface area contributed by atoms with E-state index in [-0.39, 0.29) is 37.7 Å². The molecule has 11 heteroatoms. The number of amides is 2. The molecule has 7 nitrogen and oxygen atoms in total. The van der Waals surface area contributed by atoms with Crippen molar-refractivity contribution < 1.29 is 37.3 Å². The van der Waals surface area contributed by atoms with Crippen molar-refractivity contribution in [2.75, 3.05) is 17.6 Å². The SMILES string of the molecule is CC1C(CSc2ccccc2)OC(c2ccc(NC(=O)C3CCCN3C(=O)C(F)(F)F)cc2)OC1c1ccc(CO)cc1. The van der Waals surface area contributed by atoms with Crippen molar-refractivity contribution in [3.05, 3.63) is 95.6 Å². The van der Waals surface area contributed by atoms with E-state index in [9.17, 15) is 27.9 Å². The van der Waals surface area contributed by atoms with Crippen LogP contribution in [0.15, 0.2) is 83.8 Å². The molecule has 0 radical (unpaired) electrons. The molecule has 2 N–H and O–H groups in total. The van der Waals surface area contributed by atoms with E-state index in [4.69, 9.17) is 9.47 Å². The number of nitrogens with zero attached hydrogens (tertiary/aromatic N) is 1. The van der Waals surface area contributed by atoms with Gasteiger partial charge >= 0.3 is 12.1 Å². The van der Waals surface area contributed by atoms with Crippen molar-refractivity contribution in [3.8, 4) is 0 Å². The fourth-order valence-corrected chi connectivity index (χ4v) is 6.49. The van der Waals surface area contributed by atoms with Crippen molar-refractivity contribution in [1.29, 1.82) is 0 Å². The van der Waals surface area contributed by atoms with Crippen molar-refractivity contribution in [3.63, 3.8) is 0 Å². The number of aliphatic hydroxyl groups is 1. The lowest BCUT2D eigenvalue weighted by Gasteiger charge is -2.41. The number of nitrogens with one attached hydrogen (secondary N) is 1. The van der Waals surface area contributed by atoms with Crippen LogP contribution in [-0.2, 0) is 25.7 Å². The Bertz CT molecular complexity index is 1390. The molecule has 0 saturated carbocycles. The normalized spacial score (nSPS) is 24.1. The summed E-state index contributed by atoms with van der Waals surface area (Å²) in [7, 11) is 0. The summed E-state index contributed by atoms with van der Waals surface area (Å²) in [4.78, 5) is 26.3. The third kappa shape index (κ3) is 7.41. The Balaban J connectivity index is 1.30. The molecule has 2 aliphatic rings. The fraction of sp³-hybridized carbons (Fsp3) is 0.375. The number of ether oxygens (including phenoxy) is 2. The Labute approximate surface area is 252 Å². The van der Waals surface area contributed by atoms with E-state index in [1.807, 2.05) is 54.6 Å². The van der Waals surface area contributed by atoms with Gasteiger partial charge in [-0.25, -0.2) is 0 Å². The first-order valence-electron chi connectivity index (χ1n) is 14.1. The molecule has 2 aliphatic heterocycles. The summed E-state index contributed by atoms with van der Waals surface area (Å²) in [5.74, 6) is -1.95. The molecule has 3 aromatic rings. The molecule has 0 aliphatic carbocycles. The number of likely N-dealkylation sites (tertiary alicyclic amines) is 1. The highest BCUT2D eigenvalue weighted by atomic mass is 32.2. The lowest BCUT2D eigenvalue weighted by Crippen LogP contribution is -2.48. The van der Waals surface area contributed by atoms with Gasteiger partial charge in [0.2, 0.25) is 5.91 Å². The van der Waals surface area contributed by atoms with Gasteiger partial charge in [0, 0.05) is 34.4 Å². The van der Waals surface area contributed by atoms with E-state index >= 15 is 0 Å². The zero-order valence-electron chi connectivity index (χ0n) is 23.5. The number of hydrogen-bond donors (Lipinski definition) is 2. The van der Waals surface area contributed by atoms with Crippen LogP contribution < -0.4 is 5.32 Å². The zero-order chi connectivity index (χ0) is 30.6. The molecule has 228 valence electrons. The number of anilines is 1. The van der Waals surface area contributed by atoms with Crippen LogP contribution in [0.2, 0.25) is 0 Å². The first-order chi connectivity index (χ1) is 20.6. The highest BCUT2D eigenvalue weighted by molar-refractivity contribution is 7.99. The maximum Gasteiger partial charge on any atom is 0.471 e. The average molecular weight is 615 g/mol. The highest BCUT2D eigenvalue weighted by Crippen LogP contribution is 2.43. The van der Waals surface area contributed by atoms with Gasteiger partial charge in [0.15, 0.2) is 6.29 Å². The molecular formula is C32H33F3N2O5S. The second kappa shape index (κ2) is 13.5. The van der Waals surface area contributed by atoms with Gasteiger partial charge in [0.1, 0.15) is 6.04 Å². The number of benzene rings is 3. The van der Waals surface area contributed by atoms with Crippen LogP contribution in [0.3, 0.4) is 0 Å². The molecule has 5 unspecified atom stereocenters. The maximum atomic E-state index is 13.0. The monoisotopic (exact) mass is 614 g/mol. The molecule has 0 bridgehead atoms. The number of carbonyl (C=O) groups is 2. The van der Waals surface area contributed by atoms with E-state index in [2.05, 4.69) is 12.2 Å². The smallest absolute Gasteiger partial charge is 0.392 e. The molecule has 2 saturated heterocycles. The third-order valence-corrected chi connectivity index (χ3v) is 8.89. The molecule has 43 heavy (non-hydrogen) atoms. The van der Waals surface area contributed by atoms with Crippen molar-refractivity contribution in [2.45, 2.75) is 62.0 Å². The van der Waals surface area contributed by atoms with Gasteiger partial charge in [0.25, 0.3) is 0 Å². The first kappa shape index (κ1) is 31.1. The van der Waals surface area contributed by atoms with Gasteiger partial charge in [-0.1, -0.05) is 61.5 Å². The van der Waals surface area contributed by atoms with Gasteiger partial charge < -0.3 is 24.8 Å². The van der Waals surface area contributed by atoms with E-state index in [0.717, 1.165) is 16.0 Å². The summed E-state index contributed by atoms with van der Waals surface area (Å²) in [6, 6.07) is 23.3. The van der Waals surface area contributed by atoms with Gasteiger partial charge in [-0.2, -0.15) is 13.2 Å².